The van der Waals surface area contributed by atoms with Crippen LogP contribution in [0.25, 0.3) is 10.9 Å². The Labute approximate surface area is 117 Å². The van der Waals surface area contributed by atoms with E-state index in [0.29, 0.717) is 6.42 Å². The van der Waals surface area contributed by atoms with Crippen LogP contribution in [0.2, 0.25) is 0 Å². The van der Waals surface area contributed by atoms with Crippen molar-refractivity contribution in [2.75, 3.05) is 0 Å². The standard InChI is InChI=1S/C16H18FNO2/c1-11(4-2-3-5-16(19)20)13-8-9-18-15-7-6-12(17)10-14(13)15/h6-11H,2-5H2,1H3,(H,19,20). The van der Waals surface area contributed by atoms with E-state index in [9.17, 15) is 9.18 Å². The smallest absolute Gasteiger partial charge is 0.303 e. The summed E-state index contributed by atoms with van der Waals surface area (Å²) in [6.45, 7) is 2.08. The molecule has 0 saturated carbocycles. The Bertz CT molecular complexity index is 612. The number of aliphatic carboxylic acids is 1. The highest BCUT2D eigenvalue weighted by Gasteiger charge is 2.11. The molecule has 4 heteroatoms. The number of hydrogen-bond donors (Lipinski definition) is 1. The van der Waals surface area contributed by atoms with Gasteiger partial charge in [0.2, 0.25) is 0 Å². The predicted octanol–water partition coefficient (Wildman–Crippen LogP) is 4.12. The molecule has 0 amide bonds. The third kappa shape index (κ3) is 3.53. The molecule has 0 radical (unpaired) electrons. The van der Waals surface area contributed by atoms with Gasteiger partial charge in [-0.25, -0.2) is 4.39 Å². The Morgan fingerprint density at radius 1 is 1.35 bits per heavy atom. The summed E-state index contributed by atoms with van der Waals surface area (Å²) in [4.78, 5) is 14.7. The second-order valence-corrected chi connectivity index (χ2v) is 5.10. The van der Waals surface area contributed by atoms with Crippen LogP contribution in [0.5, 0.6) is 0 Å². The molecule has 0 saturated heterocycles. The highest BCUT2D eigenvalue weighted by atomic mass is 19.1. The Morgan fingerprint density at radius 2 is 2.15 bits per heavy atom. The van der Waals surface area contributed by atoms with Crippen molar-refractivity contribution < 1.29 is 14.3 Å². The number of aromatic nitrogens is 1. The van der Waals surface area contributed by atoms with Gasteiger partial charge in [-0.1, -0.05) is 13.3 Å². The number of pyridine rings is 1. The number of hydrogen-bond acceptors (Lipinski definition) is 2. The number of carboxylic acids is 1. The first-order valence-electron chi connectivity index (χ1n) is 6.84. The molecule has 106 valence electrons. The predicted molar refractivity (Wildman–Crippen MR) is 76.2 cm³/mol. The van der Waals surface area contributed by atoms with Crippen molar-refractivity contribution in [3.05, 3.63) is 41.8 Å². The molecular weight excluding hydrogens is 257 g/mol. The lowest BCUT2D eigenvalue weighted by Gasteiger charge is -2.14. The van der Waals surface area contributed by atoms with Gasteiger partial charge in [0.25, 0.3) is 0 Å². The van der Waals surface area contributed by atoms with Crippen molar-refractivity contribution in [2.24, 2.45) is 0 Å². The number of unbranched alkanes of at least 4 members (excludes halogenated alkanes) is 1. The summed E-state index contributed by atoms with van der Waals surface area (Å²) in [6, 6.07) is 6.54. The highest BCUT2D eigenvalue weighted by Crippen LogP contribution is 2.28. The number of fused-ring (bicyclic) bond motifs is 1. The van der Waals surface area contributed by atoms with Crippen molar-refractivity contribution in [1.29, 1.82) is 0 Å². The lowest BCUT2D eigenvalue weighted by Crippen LogP contribution is -1.98. The first-order chi connectivity index (χ1) is 9.58. The van der Waals surface area contributed by atoms with E-state index in [-0.39, 0.29) is 18.2 Å². The zero-order valence-corrected chi connectivity index (χ0v) is 11.5. The van der Waals surface area contributed by atoms with Crippen molar-refractivity contribution in [1.82, 2.24) is 4.98 Å². The van der Waals surface area contributed by atoms with Gasteiger partial charge in [0.1, 0.15) is 5.82 Å². The van der Waals surface area contributed by atoms with Gasteiger partial charge in [-0.2, -0.15) is 0 Å². The van der Waals surface area contributed by atoms with Crippen LogP contribution in [0, 0.1) is 5.82 Å². The van der Waals surface area contributed by atoms with Crippen LogP contribution >= 0.6 is 0 Å². The van der Waals surface area contributed by atoms with Crippen LogP contribution < -0.4 is 0 Å². The maximum atomic E-state index is 13.4. The quantitative estimate of drug-likeness (QED) is 0.807. The maximum absolute atomic E-state index is 13.4. The second kappa shape index (κ2) is 6.46. The van der Waals surface area contributed by atoms with Gasteiger partial charge in [-0.05, 0) is 48.6 Å². The highest BCUT2D eigenvalue weighted by molar-refractivity contribution is 5.82. The summed E-state index contributed by atoms with van der Waals surface area (Å²) in [7, 11) is 0. The number of halogens is 1. The minimum atomic E-state index is -0.755. The molecule has 1 aromatic carbocycles. The van der Waals surface area contributed by atoms with E-state index in [0.717, 1.165) is 29.3 Å². The Hall–Kier alpha value is -1.97. The van der Waals surface area contributed by atoms with E-state index < -0.39 is 5.97 Å². The third-order valence-electron chi connectivity index (χ3n) is 3.55. The van der Waals surface area contributed by atoms with Gasteiger partial charge in [-0.15, -0.1) is 0 Å². The summed E-state index contributed by atoms with van der Waals surface area (Å²) in [5, 5.41) is 9.46. The summed E-state index contributed by atoms with van der Waals surface area (Å²) in [5.74, 6) is -0.755. The summed E-state index contributed by atoms with van der Waals surface area (Å²) in [6.07, 6.45) is 4.37. The van der Waals surface area contributed by atoms with Crippen LogP contribution in [0.15, 0.2) is 30.5 Å². The van der Waals surface area contributed by atoms with E-state index in [2.05, 4.69) is 11.9 Å². The molecule has 1 N–H and O–H groups in total. The molecule has 0 aliphatic carbocycles. The van der Waals surface area contributed by atoms with Crippen LogP contribution in [0.4, 0.5) is 4.39 Å². The van der Waals surface area contributed by atoms with Gasteiger partial charge in [0, 0.05) is 18.0 Å². The fourth-order valence-corrected chi connectivity index (χ4v) is 2.45. The van der Waals surface area contributed by atoms with Gasteiger partial charge in [-0.3, -0.25) is 9.78 Å². The molecule has 0 aliphatic heterocycles. The fourth-order valence-electron chi connectivity index (χ4n) is 2.45. The lowest BCUT2D eigenvalue weighted by molar-refractivity contribution is -0.137. The Balaban J connectivity index is 2.11. The topological polar surface area (TPSA) is 50.2 Å². The van der Waals surface area contributed by atoms with Gasteiger partial charge >= 0.3 is 5.97 Å². The van der Waals surface area contributed by atoms with Crippen LogP contribution in [-0.2, 0) is 4.79 Å². The normalized spacial score (nSPS) is 12.5. The van der Waals surface area contributed by atoms with Crippen LogP contribution in [0.3, 0.4) is 0 Å². The SMILES string of the molecule is CC(CCCCC(=O)O)c1ccnc2ccc(F)cc12. The van der Waals surface area contributed by atoms with Gasteiger partial charge < -0.3 is 5.11 Å². The second-order valence-electron chi connectivity index (χ2n) is 5.10. The maximum Gasteiger partial charge on any atom is 0.303 e. The largest absolute Gasteiger partial charge is 0.481 e. The Morgan fingerprint density at radius 3 is 2.90 bits per heavy atom. The van der Waals surface area contributed by atoms with E-state index in [4.69, 9.17) is 5.11 Å². The van der Waals surface area contributed by atoms with E-state index >= 15 is 0 Å². The van der Waals surface area contributed by atoms with Crippen molar-refractivity contribution >= 4 is 16.9 Å². The molecule has 2 rings (SSSR count). The van der Waals surface area contributed by atoms with Gasteiger partial charge in [0.15, 0.2) is 0 Å². The lowest BCUT2D eigenvalue weighted by atomic mass is 9.92. The zero-order valence-electron chi connectivity index (χ0n) is 11.5. The summed E-state index contributed by atoms with van der Waals surface area (Å²) < 4.78 is 13.4. The molecule has 1 aromatic heterocycles. The molecule has 3 nitrogen and oxygen atoms in total. The average molecular weight is 275 g/mol. The van der Waals surface area contributed by atoms with Crippen molar-refractivity contribution in [3.8, 4) is 0 Å². The van der Waals surface area contributed by atoms with Crippen LogP contribution in [-0.4, -0.2) is 16.1 Å². The van der Waals surface area contributed by atoms with Gasteiger partial charge in [0.05, 0.1) is 5.52 Å². The van der Waals surface area contributed by atoms with E-state index in [1.54, 1.807) is 12.3 Å². The molecule has 1 unspecified atom stereocenters. The molecular formula is C16H18FNO2. The third-order valence-corrected chi connectivity index (χ3v) is 3.55. The Kier molecular flexibility index (Phi) is 4.66. The molecule has 1 atom stereocenters. The van der Waals surface area contributed by atoms with Crippen LogP contribution in [0.1, 0.15) is 44.1 Å². The summed E-state index contributed by atoms with van der Waals surface area (Å²) >= 11 is 0. The van der Waals surface area contributed by atoms with Crippen molar-refractivity contribution in [2.45, 2.75) is 38.5 Å². The minimum Gasteiger partial charge on any atom is -0.481 e. The molecule has 0 spiro atoms. The number of carboxylic acid groups (broad SMARTS) is 1. The first kappa shape index (κ1) is 14.4. The molecule has 0 bridgehead atoms. The van der Waals surface area contributed by atoms with E-state index in [1.807, 2.05) is 6.07 Å². The molecule has 1 heterocycles. The number of rotatable bonds is 6. The fraction of sp³-hybridized carbons (Fsp3) is 0.375. The average Bonchev–Trinajstić information content (AvgIpc) is 2.42. The number of benzene rings is 1. The molecule has 0 fully saturated rings. The number of nitrogens with zero attached hydrogens (tertiary/aromatic N) is 1. The summed E-state index contributed by atoms with van der Waals surface area (Å²) in [5.41, 5.74) is 1.87. The van der Waals surface area contributed by atoms with E-state index in [1.165, 1.54) is 12.1 Å². The van der Waals surface area contributed by atoms with Crippen molar-refractivity contribution in [3.63, 3.8) is 0 Å². The molecule has 2 aromatic rings. The zero-order chi connectivity index (χ0) is 14.5. The molecule has 20 heavy (non-hydrogen) atoms. The molecule has 0 aliphatic rings. The minimum absolute atomic E-state index is 0.207. The first-order valence-corrected chi connectivity index (χ1v) is 6.84. The monoisotopic (exact) mass is 275 g/mol. The number of carbonyl (C=O) groups is 1.